The van der Waals surface area contributed by atoms with Gasteiger partial charge in [-0.1, -0.05) is 6.07 Å². The van der Waals surface area contributed by atoms with E-state index in [0.29, 0.717) is 34.4 Å². The van der Waals surface area contributed by atoms with E-state index in [1.54, 1.807) is 51.4 Å². The molecule has 2 aromatic heterocycles. The van der Waals surface area contributed by atoms with E-state index in [9.17, 15) is 8.42 Å². The molecule has 1 N–H and O–H groups in total. The average molecular weight is 388 g/mol. The van der Waals surface area contributed by atoms with Crippen LogP contribution in [-0.2, 0) is 16.4 Å². The number of aromatic nitrogens is 3. The molecule has 0 saturated heterocycles. The van der Waals surface area contributed by atoms with Gasteiger partial charge < -0.3 is 9.15 Å². The molecule has 0 saturated carbocycles. The minimum absolute atomic E-state index is 0.136. The fraction of sp³-hybridized carbons (Fsp3) is 0.278. The van der Waals surface area contributed by atoms with Gasteiger partial charge >= 0.3 is 0 Å². The largest absolute Gasteiger partial charge is 0.497 e. The zero-order valence-corrected chi connectivity index (χ0v) is 16.1. The van der Waals surface area contributed by atoms with Gasteiger partial charge in [0.25, 0.3) is 5.89 Å². The van der Waals surface area contributed by atoms with Crippen LogP contribution in [0.25, 0.3) is 11.6 Å². The lowest BCUT2D eigenvalue weighted by Gasteiger charge is -2.13. The summed E-state index contributed by atoms with van der Waals surface area (Å²) < 4.78 is 38.6. The highest BCUT2D eigenvalue weighted by Crippen LogP contribution is 2.25. The fourth-order valence-corrected chi connectivity index (χ4v) is 4.24. The molecule has 0 unspecified atom stereocenters. The molecule has 0 bridgehead atoms. The van der Waals surface area contributed by atoms with Gasteiger partial charge in [-0.15, -0.1) is 10.2 Å². The predicted molar refractivity (Wildman–Crippen MR) is 98.9 cm³/mol. The van der Waals surface area contributed by atoms with Crippen molar-refractivity contribution in [3.05, 3.63) is 53.5 Å². The molecule has 2 heterocycles. The Morgan fingerprint density at radius 2 is 1.89 bits per heavy atom. The first-order valence-corrected chi connectivity index (χ1v) is 9.77. The molecule has 0 aliphatic heterocycles. The number of pyridine rings is 1. The summed E-state index contributed by atoms with van der Waals surface area (Å²) in [6.07, 6.45) is 1.90. The number of nitrogens with zero attached hydrogens (tertiary/aromatic N) is 3. The van der Waals surface area contributed by atoms with Gasteiger partial charge in [0.2, 0.25) is 15.9 Å². The molecule has 1 aromatic carbocycles. The van der Waals surface area contributed by atoms with Crippen LogP contribution in [-0.4, -0.2) is 37.3 Å². The number of aryl methyl sites for hydroxylation is 2. The van der Waals surface area contributed by atoms with Crippen molar-refractivity contribution in [1.29, 1.82) is 0 Å². The first-order valence-electron chi connectivity index (χ1n) is 8.29. The molecule has 0 amide bonds. The van der Waals surface area contributed by atoms with Crippen LogP contribution in [0.3, 0.4) is 0 Å². The summed E-state index contributed by atoms with van der Waals surface area (Å²) in [5, 5.41) is 7.87. The van der Waals surface area contributed by atoms with Crippen molar-refractivity contribution >= 4 is 10.0 Å². The number of rotatable bonds is 7. The molecule has 142 valence electrons. The van der Waals surface area contributed by atoms with E-state index >= 15 is 0 Å². The van der Waals surface area contributed by atoms with E-state index in [1.807, 2.05) is 6.07 Å². The second kappa shape index (κ2) is 7.85. The zero-order valence-electron chi connectivity index (χ0n) is 15.3. The Labute approximate surface area is 157 Å². The van der Waals surface area contributed by atoms with Crippen molar-refractivity contribution in [3.8, 4) is 17.3 Å². The summed E-state index contributed by atoms with van der Waals surface area (Å²) >= 11 is 0. The molecular formula is C18H20N4O4S. The number of ether oxygens (including phenoxy) is 1. The van der Waals surface area contributed by atoms with Crippen LogP contribution in [0.15, 0.2) is 45.8 Å². The first-order chi connectivity index (χ1) is 12.9. The third-order valence-electron chi connectivity index (χ3n) is 3.92. The molecule has 0 aliphatic rings. The van der Waals surface area contributed by atoms with Crippen molar-refractivity contribution in [2.75, 3.05) is 13.7 Å². The molecule has 8 nitrogen and oxygen atoms in total. The highest BCUT2D eigenvalue weighted by molar-refractivity contribution is 7.89. The summed E-state index contributed by atoms with van der Waals surface area (Å²) in [5.41, 5.74) is 1.81. The van der Waals surface area contributed by atoms with E-state index in [-0.39, 0.29) is 17.9 Å². The van der Waals surface area contributed by atoms with E-state index in [2.05, 4.69) is 19.9 Å². The summed E-state index contributed by atoms with van der Waals surface area (Å²) in [4.78, 5) is 4.39. The number of nitrogens with one attached hydrogen (secondary N) is 1. The van der Waals surface area contributed by atoms with Gasteiger partial charge in [-0.25, -0.2) is 13.1 Å². The van der Waals surface area contributed by atoms with Crippen LogP contribution in [0.2, 0.25) is 0 Å². The predicted octanol–water partition coefficient (Wildman–Crippen LogP) is 2.28. The fourth-order valence-electron chi connectivity index (χ4n) is 2.76. The molecular weight excluding hydrogens is 368 g/mol. The monoisotopic (exact) mass is 388 g/mol. The van der Waals surface area contributed by atoms with Gasteiger partial charge in [-0.3, -0.25) is 4.98 Å². The maximum atomic E-state index is 12.7. The molecule has 3 aromatic rings. The molecule has 27 heavy (non-hydrogen) atoms. The Kier molecular flexibility index (Phi) is 5.52. The molecule has 3 rings (SSSR count). The Balaban J connectivity index is 1.68. The summed E-state index contributed by atoms with van der Waals surface area (Å²) in [7, 11) is -2.12. The SMILES string of the molecule is COc1cc(C)c(S(=O)(=O)NCCc2nnc(-c3ccccn3)o2)c(C)c1. The van der Waals surface area contributed by atoms with Gasteiger partial charge in [0.15, 0.2) is 0 Å². The topological polar surface area (TPSA) is 107 Å². The third kappa shape index (κ3) is 4.32. The van der Waals surface area contributed by atoms with Gasteiger partial charge in [0, 0.05) is 19.2 Å². The normalized spacial score (nSPS) is 11.5. The standard InChI is InChI=1S/C18H20N4O4S/c1-12-10-14(25-3)11-13(2)17(12)27(23,24)20-9-7-16-21-22-18(26-16)15-6-4-5-8-19-15/h4-6,8,10-11,20H,7,9H2,1-3H3. The zero-order chi connectivity index (χ0) is 19.4. The quantitative estimate of drug-likeness (QED) is 0.661. The number of hydrogen-bond donors (Lipinski definition) is 1. The molecule has 0 atom stereocenters. The van der Waals surface area contributed by atoms with E-state index in [1.165, 1.54) is 0 Å². The van der Waals surface area contributed by atoms with Crippen molar-refractivity contribution in [2.45, 2.75) is 25.2 Å². The molecule has 0 fully saturated rings. The second-order valence-corrected chi connectivity index (χ2v) is 7.66. The summed E-state index contributed by atoms with van der Waals surface area (Å²) in [5.74, 6) is 1.26. The third-order valence-corrected chi connectivity index (χ3v) is 5.69. The summed E-state index contributed by atoms with van der Waals surface area (Å²) in [6.45, 7) is 3.61. The van der Waals surface area contributed by atoms with Gasteiger partial charge in [0.05, 0.1) is 12.0 Å². The van der Waals surface area contributed by atoms with E-state index in [0.717, 1.165) is 0 Å². The maximum Gasteiger partial charge on any atom is 0.266 e. The lowest BCUT2D eigenvalue weighted by atomic mass is 10.1. The smallest absolute Gasteiger partial charge is 0.266 e. The van der Waals surface area contributed by atoms with Gasteiger partial charge in [-0.05, 0) is 49.2 Å². The average Bonchev–Trinajstić information content (AvgIpc) is 3.10. The lowest BCUT2D eigenvalue weighted by Crippen LogP contribution is -2.27. The molecule has 9 heteroatoms. The lowest BCUT2D eigenvalue weighted by molar-refractivity contribution is 0.413. The van der Waals surface area contributed by atoms with E-state index in [4.69, 9.17) is 9.15 Å². The highest BCUT2D eigenvalue weighted by Gasteiger charge is 2.20. The highest BCUT2D eigenvalue weighted by atomic mass is 32.2. The van der Waals surface area contributed by atoms with Crippen molar-refractivity contribution in [2.24, 2.45) is 0 Å². The first kappa shape index (κ1) is 19.0. The van der Waals surface area contributed by atoms with Crippen LogP contribution in [0.5, 0.6) is 5.75 Å². The van der Waals surface area contributed by atoms with Gasteiger partial charge in [0.1, 0.15) is 11.4 Å². The van der Waals surface area contributed by atoms with Crippen molar-refractivity contribution < 1.29 is 17.6 Å². The van der Waals surface area contributed by atoms with Crippen LogP contribution in [0.4, 0.5) is 0 Å². The van der Waals surface area contributed by atoms with Crippen molar-refractivity contribution in [3.63, 3.8) is 0 Å². The number of methoxy groups -OCH3 is 1. The molecule has 0 spiro atoms. The van der Waals surface area contributed by atoms with Crippen LogP contribution >= 0.6 is 0 Å². The Hall–Kier alpha value is -2.78. The summed E-state index contributed by atoms with van der Waals surface area (Å²) in [6, 6.07) is 8.76. The minimum Gasteiger partial charge on any atom is -0.497 e. The van der Waals surface area contributed by atoms with E-state index < -0.39 is 10.0 Å². The Morgan fingerprint density at radius 1 is 1.15 bits per heavy atom. The van der Waals surface area contributed by atoms with Crippen LogP contribution in [0, 0.1) is 13.8 Å². The molecule has 0 aliphatic carbocycles. The number of benzene rings is 1. The molecule has 0 radical (unpaired) electrons. The Bertz CT molecular complexity index is 1010. The number of hydrogen-bond acceptors (Lipinski definition) is 7. The number of sulfonamides is 1. The minimum atomic E-state index is -3.67. The Morgan fingerprint density at radius 3 is 2.52 bits per heavy atom. The maximum absolute atomic E-state index is 12.7. The van der Waals surface area contributed by atoms with Crippen LogP contribution < -0.4 is 9.46 Å². The van der Waals surface area contributed by atoms with Gasteiger partial charge in [-0.2, -0.15) is 0 Å². The second-order valence-electron chi connectivity index (χ2n) is 5.95. The van der Waals surface area contributed by atoms with Crippen LogP contribution in [0.1, 0.15) is 17.0 Å². The van der Waals surface area contributed by atoms with Crippen molar-refractivity contribution in [1.82, 2.24) is 19.9 Å².